The first-order valence-corrected chi connectivity index (χ1v) is 12.2. The van der Waals surface area contributed by atoms with Crippen LogP contribution in [-0.4, -0.2) is 46.1 Å². The second-order valence-corrected chi connectivity index (χ2v) is 10.0. The number of aromatic nitrogens is 3. The fourth-order valence-corrected chi connectivity index (χ4v) is 4.99. The summed E-state index contributed by atoms with van der Waals surface area (Å²) in [7, 11) is 2.20. The highest BCUT2D eigenvalue weighted by molar-refractivity contribution is 6.07. The van der Waals surface area contributed by atoms with Crippen molar-refractivity contribution in [2.24, 2.45) is 5.92 Å². The molecular weight excluding hydrogens is 436 g/mol. The molecule has 35 heavy (non-hydrogen) atoms. The Balaban J connectivity index is 1.29. The third-order valence-electron chi connectivity index (χ3n) is 7.38. The third kappa shape index (κ3) is 4.91. The van der Waals surface area contributed by atoms with Crippen molar-refractivity contribution < 1.29 is 4.79 Å². The van der Waals surface area contributed by atoms with Crippen molar-refractivity contribution in [2.75, 3.05) is 30.8 Å². The largest absolute Gasteiger partial charge is 0.340 e. The molecule has 0 saturated carbocycles. The van der Waals surface area contributed by atoms with Crippen LogP contribution in [-0.2, 0) is 5.41 Å². The number of fused-ring (bicyclic) bond motifs is 1. The molecular formula is C28H32N6O. The Morgan fingerprint density at radius 2 is 1.80 bits per heavy atom. The maximum atomic E-state index is 13.1. The summed E-state index contributed by atoms with van der Waals surface area (Å²) in [5.74, 6) is 0.957. The zero-order valence-corrected chi connectivity index (χ0v) is 20.5. The van der Waals surface area contributed by atoms with Gasteiger partial charge in [0.15, 0.2) is 0 Å². The highest BCUT2D eigenvalue weighted by Crippen LogP contribution is 2.38. The van der Waals surface area contributed by atoms with Gasteiger partial charge < -0.3 is 15.5 Å². The van der Waals surface area contributed by atoms with E-state index >= 15 is 0 Å². The molecule has 5 rings (SSSR count). The fraction of sp³-hybridized carbons (Fsp3) is 0.321. The highest BCUT2D eigenvalue weighted by atomic mass is 16.1. The van der Waals surface area contributed by atoms with E-state index in [0.29, 0.717) is 17.3 Å². The van der Waals surface area contributed by atoms with E-state index in [1.165, 1.54) is 18.4 Å². The van der Waals surface area contributed by atoms with Crippen molar-refractivity contribution >= 4 is 34.0 Å². The molecule has 0 unspecified atom stereocenters. The lowest BCUT2D eigenvalue weighted by molar-refractivity contribution is 0.102. The number of piperidine rings is 1. The van der Waals surface area contributed by atoms with Crippen molar-refractivity contribution in [3.05, 3.63) is 78.1 Å². The topological polar surface area (TPSA) is 85.9 Å². The molecule has 2 aromatic heterocycles. The molecule has 1 aliphatic rings. The summed E-state index contributed by atoms with van der Waals surface area (Å²) in [6, 6.07) is 17.7. The molecule has 1 fully saturated rings. The number of aromatic amines is 1. The van der Waals surface area contributed by atoms with E-state index in [0.717, 1.165) is 35.4 Å². The smallest absolute Gasteiger partial charge is 0.259 e. The Bertz CT molecular complexity index is 1320. The zero-order valence-electron chi connectivity index (χ0n) is 20.5. The summed E-state index contributed by atoms with van der Waals surface area (Å²) in [5, 5.41) is 14.3. The van der Waals surface area contributed by atoms with Gasteiger partial charge in [-0.25, -0.2) is 4.98 Å². The summed E-state index contributed by atoms with van der Waals surface area (Å²) >= 11 is 0. The Kier molecular flexibility index (Phi) is 6.26. The maximum Gasteiger partial charge on any atom is 0.259 e. The molecule has 0 spiro atoms. The van der Waals surface area contributed by atoms with Gasteiger partial charge in [0, 0.05) is 23.0 Å². The van der Waals surface area contributed by atoms with Crippen molar-refractivity contribution in [1.29, 1.82) is 0 Å². The molecule has 180 valence electrons. The Labute approximate surface area is 206 Å². The van der Waals surface area contributed by atoms with Crippen molar-refractivity contribution in [1.82, 2.24) is 20.1 Å². The van der Waals surface area contributed by atoms with Crippen LogP contribution in [0.4, 0.5) is 17.2 Å². The number of H-pyrrole nitrogens is 1. The number of nitrogens with zero attached hydrogens (tertiary/aromatic N) is 3. The standard InChI is InChI=1S/C28H32N6O/c1-28(2,21-12-15-34(3)16-13-21)20-7-10-22(11-8-20)32-27(35)24-5-4-14-29-26(24)31-23-9-6-19-18-30-33-25(19)17-23/h4-11,14,17-18,21H,12-13,15-16H2,1-3H3,(H,29,31)(H,30,33)(H,32,35). The highest BCUT2D eigenvalue weighted by Gasteiger charge is 2.33. The van der Waals surface area contributed by atoms with E-state index in [1.54, 1.807) is 24.5 Å². The molecule has 0 radical (unpaired) electrons. The molecule has 0 atom stereocenters. The zero-order chi connectivity index (χ0) is 24.4. The van der Waals surface area contributed by atoms with E-state index < -0.39 is 0 Å². The van der Waals surface area contributed by atoms with Gasteiger partial charge in [0.1, 0.15) is 5.82 Å². The van der Waals surface area contributed by atoms with Crippen LogP contribution < -0.4 is 10.6 Å². The molecule has 4 aromatic rings. The third-order valence-corrected chi connectivity index (χ3v) is 7.38. The van der Waals surface area contributed by atoms with Gasteiger partial charge in [0.25, 0.3) is 5.91 Å². The lowest BCUT2D eigenvalue weighted by Crippen LogP contribution is -2.39. The average Bonchev–Trinajstić information content (AvgIpc) is 3.33. The number of rotatable bonds is 6. The van der Waals surface area contributed by atoms with Crippen molar-refractivity contribution in [3.8, 4) is 0 Å². The minimum atomic E-state index is -0.203. The molecule has 7 heteroatoms. The molecule has 1 aliphatic heterocycles. The van der Waals surface area contributed by atoms with Crippen LogP contribution in [0, 0.1) is 5.92 Å². The van der Waals surface area contributed by atoms with Crippen molar-refractivity contribution in [3.63, 3.8) is 0 Å². The van der Waals surface area contributed by atoms with Gasteiger partial charge in [-0.1, -0.05) is 26.0 Å². The quantitative estimate of drug-likeness (QED) is 0.344. The molecule has 0 aliphatic carbocycles. The van der Waals surface area contributed by atoms with Gasteiger partial charge in [-0.2, -0.15) is 5.10 Å². The Morgan fingerprint density at radius 3 is 2.57 bits per heavy atom. The van der Waals surface area contributed by atoms with Gasteiger partial charge >= 0.3 is 0 Å². The van der Waals surface area contributed by atoms with Gasteiger partial charge in [-0.3, -0.25) is 9.89 Å². The van der Waals surface area contributed by atoms with Gasteiger partial charge in [0.2, 0.25) is 0 Å². The van der Waals surface area contributed by atoms with E-state index in [4.69, 9.17) is 0 Å². The summed E-state index contributed by atoms with van der Waals surface area (Å²) in [6.07, 6.45) is 5.88. The minimum Gasteiger partial charge on any atom is -0.340 e. The number of nitrogens with one attached hydrogen (secondary N) is 3. The summed E-state index contributed by atoms with van der Waals surface area (Å²) < 4.78 is 0. The molecule has 1 saturated heterocycles. The number of hydrogen-bond acceptors (Lipinski definition) is 5. The van der Waals surface area contributed by atoms with E-state index in [9.17, 15) is 4.79 Å². The average molecular weight is 469 g/mol. The van der Waals surface area contributed by atoms with Crippen LogP contribution >= 0.6 is 0 Å². The van der Waals surface area contributed by atoms with E-state index in [2.05, 4.69) is 63.7 Å². The van der Waals surface area contributed by atoms with Crippen LogP contribution in [0.5, 0.6) is 0 Å². The number of pyridine rings is 1. The second kappa shape index (κ2) is 9.50. The van der Waals surface area contributed by atoms with Crippen LogP contribution in [0.25, 0.3) is 10.9 Å². The number of anilines is 3. The van der Waals surface area contributed by atoms with Crippen LogP contribution in [0.2, 0.25) is 0 Å². The number of hydrogen-bond donors (Lipinski definition) is 3. The van der Waals surface area contributed by atoms with Crippen LogP contribution in [0.15, 0.2) is 67.0 Å². The first kappa shape index (κ1) is 23.1. The normalized spacial score (nSPS) is 15.3. The summed E-state index contributed by atoms with van der Waals surface area (Å²) in [4.78, 5) is 20.0. The van der Waals surface area contributed by atoms with Gasteiger partial charge in [-0.05, 0) is 92.3 Å². The van der Waals surface area contributed by atoms with Crippen LogP contribution in [0.1, 0.15) is 42.6 Å². The predicted octanol–water partition coefficient (Wildman–Crippen LogP) is 5.57. The minimum absolute atomic E-state index is 0.0972. The maximum absolute atomic E-state index is 13.1. The van der Waals surface area contributed by atoms with Crippen LogP contribution in [0.3, 0.4) is 0 Å². The molecule has 1 amide bonds. The molecule has 3 N–H and O–H groups in total. The molecule has 2 aromatic carbocycles. The first-order chi connectivity index (χ1) is 16.9. The SMILES string of the molecule is CN1CCC(C(C)(C)c2ccc(NC(=O)c3cccnc3Nc3ccc4cn[nH]c4c3)cc2)CC1. The fourth-order valence-electron chi connectivity index (χ4n) is 4.99. The van der Waals surface area contributed by atoms with E-state index in [1.807, 2.05) is 30.3 Å². The summed E-state index contributed by atoms with van der Waals surface area (Å²) in [5.41, 5.74) is 4.40. The predicted molar refractivity (Wildman–Crippen MR) is 141 cm³/mol. The van der Waals surface area contributed by atoms with Crippen molar-refractivity contribution in [2.45, 2.75) is 32.1 Å². The molecule has 0 bridgehead atoms. The first-order valence-electron chi connectivity index (χ1n) is 12.2. The number of benzene rings is 2. The lowest BCUT2D eigenvalue weighted by atomic mass is 9.69. The monoisotopic (exact) mass is 468 g/mol. The molecule has 3 heterocycles. The van der Waals surface area contributed by atoms with E-state index in [-0.39, 0.29) is 11.3 Å². The number of carbonyl (C=O) groups is 1. The Hall–Kier alpha value is -3.71. The number of likely N-dealkylation sites (tertiary alicyclic amines) is 1. The number of carbonyl (C=O) groups excluding carboxylic acids is 1. The number of amides is 1. The second-order valence-electron chi connectivity index (χ2n) is 10.0. The Morgan fingerprint density at radius 1 is 1.06 bits per heavy atom. The molecule has 7 nitrogen and oxygen atoms in total. The summed E-state index contributed by atoms with van der Waals surface area (Å²) in [6.45, 7) is 6.98. The lowest BCUT2D eigenvalue weighted by Gasteiger charge is -2.40. The van der Waals surface area contributed by atoms with Gasteiger partial charge in [0.05, 0.1) is 17.3 Å². The van der Waals surface area contributed by atoms with Gasteiger partial charge in [-0.15, -0.1) is 0 Å².